The largest absolute Gasteiger partial charge is 0.462 e. The van der Waals surface area contributed by atoms with Crippen LogP contribution in [-0.2, 0) is 4.79 Å². The summed E-state index contributed by atoms with van der Waals surface area (Å²) in [5.41, 5.74) is 1.62. The molecule has 114 valence electrons. The highest BCUT2D eigenvalue weighted by atomic mass is 35.5. The summed E-state index contributed by atoms with van der Waals surface area (Å²) in [4.78, 5) is 11.8. The van der Waals surface area contributed by atoms with Gasteiger partial charge in [-0.25, -0.2) is 0 Å². The fourth-order valence-corrected chi connectivity index (χ4v) is 2.14. The first-order chi connectivity index (χ1) is 10.5. The molecule has 0 spiro atoms. The number of thiocarbonyl (C=S) groups is 1. The van der Waals surface area contributed by atoms with Crippen LogP contribution in [-0.4, -0.2) is 11.0 Å². The van der Waals surface area contributed by atoms with Crippen molar-refractivity contribution >= 4 is 46.6 Å². The van der Waals surface area contributed by atoms with Crippen LogP contribution in [0.2, 0.25) is 5.02 Å². The number of rotatable bonds is 3. The van der Waals surface area contributed by atoms with E-state index in [-0.39, 0.29) is 11.0 Å². The molecule has 0 aliphatic rings. The Balaban J connectivity index is 1.93. The maximum Gasteiger partial charge on any atom is 0.250 e. The van der Waals surface area contributed by atoms with E-state index in [1.165, 1.54) is 6.08 Å². The Kier molecular flexibility index (Phi) is 5.35. The Labute approximate surface area is 139 Å². The second-order valence-corrected chi connectivity index (χ2v) is 5.45. The van der Waals surface area contributed by atoms with E-state index in [0.29, 0.717) is 10.8 Å². The minimum absolute atomic E-state index is 0.204. The fourth-order valence-electron chi connectivity index (χ4n) is 1.75. The van der Waals surface area contributed by atoms with Gasteiger partial charge in [0, 0.05) is 16.8 Å². The molecular formula is C16H15ClN2O2S. The van der Waals surface area contributed by atoms with Gasteiger partial charge in [-0.05, 0) is 62.0 Å². The van der Waals surface area contributed by atoms with Gasteiger partial charge in [0.15, 0.2) is 5.11 Å². The number of halogens is 1. The topological polar surface area (TPSA) is 54.3 Å². The lowest BCUT2D eigenvalue weighted by Gasteiger charge is -2.11. The number of carbonyl (C=O) groups is 1. The average Bonchev–Trinajstić information content (AvgIpc) is 2.87. The monoisotopic (exact) mass is 334 g/mol. The molecule has 4 nitrogen and oxygen atoms in total. The minimum Gasteiger partial charge on any atom is -0.462 e. The van der Waals surface area contributed by atoms with E-state index in [2.05, 4.69) is 10.6 Å². The van der Waals surface area contributed by atoms with E-state index in [4.69, 9.17) is 28.2 Å². The van der Waals surface area contributed by atoms with Crippen molar-refractivity contribution in [1.29, 1.82) is 0 Å². The van der Waals surface area contributed by atoms with Gasteiger partial charge in [-0.3, -0.25) is 10.1 Å². The van der Waals surface area contributed by atoms with Crippen LogP contribution >= 0.6 is 23.8 Å². The number of hydrogen-bond acceptors (Lipinski definition) is 3. The summed E-state index contributed by atoms with van der Waals surface area (Å²) in [5.74, 6) is 1.05. The molecule has 1 aromatic carbocycles. The van der Waals surface area contributed by atoms with Crippen molar-refractivity contribution in [1.82, 2.24) is 5.32 Å². The van der Waals surface area contributed by atoms with Crippen LogP contribution in [0.1, 0.15) is 17.1 Å². The van der Waals surface area contributed by atoms with Crippen molar-refractivity contribution < 1.29 is 9.21 Å². The predicted octanol–water partition coefficient (Wildman–Crippen LogP) is 4.08. The Hall–Kier alpha value is -2.11. The van der Waals surface area contributed by atoms with Crippen LogP contribution in [0.25, 0.3) is 6.08 Å². The molecule has 22 heavy (non-hydrogen) atoms. The smallest absolute Gasteiger partial charge is 0.250 e. The minimum atomic E-state index is -0.341. The van der Waals surface area contributed by atoms with E-state index in [1.54, 1.807) is 24.3 Å². The molecule has 1 aromatic heterocycles. The zero-order valence-corrected chi connectivity index (χ0v) is 13.7. The van der Waals surface area contributed by atoms with Crippen LogP contribution in [0.15, 0.2) is 40.8 Å². The molecule has 2 N–H and O–H groups in total. The van der Waals surface area contributed by atoms with Crippen molar-refractivity contribution in [3.63, 3.8) is 0 Å². The van der Waals surface area contributed by atoms with Crippen LogP contribution in [0, 0.1) is 13.8 Å². The number of carbonyl (C=O) groups excluding carboxylic acids is 1. The number of benzene rings is 1. The molecule has 1 amide bonds. The normalized spacial score (nSPS) is 10.7. The summed E-state index contributed by atoms with van der Waals surface area (Å²) in [6.07, 6.45) is 2.94. The highest BCUT2D eigenvalue weighted by Gasteiger charge is 2.06. The van der Waals surface area contributed by atoms with Crippen molar-refractivity contribution in [2.75, 3.05) is 5.32 Å². The Morgan fingerprint density at radius 3 is 2.73 bits per heavy atom. The van der Waals surface area contributed by atoms with Crippen LogP contribution in [0.3, 0.4) is 0 Å². The molecule has 0 unspecified atom stereocenters. The third-order valence-corrected chi connectivity index (χ3v) is 3.53. The summed E-state index contributed by atoms with van der Waals surface area (Å²) >= 11 is 11.1. The number of furan rings is 1. The van der Waals surface area contributed by atoms with Gasteiger partial charge in [-0.1, -0.05) is 17.7 Å². The van der Waals surface area contributed by atoms with E-state index >= 15 is 0 Å². The van der Waals surface area contributed by atoms with Gasteiger partial charge in [0.05, 0.1) is 0 Å². The highest BCUT2D eigenvalue weighted by molar-refractivity contribution is 7.80. The first kappa shape index (κ1) is 16.3. The fraction of sp³-hybridized carbons (Fsp3) is 0.125. The SMILES string of the molecule is Cc1ccc(/C=C/C(=O)NC(=S)Nc2cccc(Cl)c2C)o1. The second kappa shape index (κ2) is 7.24. The van der Waals surface area contributed by atoms with Crippen molar-refractivity contribution in [3.05, 3.63) is 58.5 Å². The quantitative estimate of drug-likeness (QED) is 0.656. The molecule has 6 heteroatoms. The maximum absolute atomic E-state index is 11.8. The molecule has 0 aliphatic heterocycles. The zero-order chi connectivity index (χ0) is 16.1. The van der Waals surface area contributed by atoms with Crippen molar-refractivity contribution in [3.8, 4) is 0 Å². The Morgan fingerprint density at radius 1 is 1.27 bits per heavy atom. The summed E-state index contributed by atoms with van der Waals surface area (Å²) in [5, 5.41) is 6.34. The van der Waals surface area contributed by atoms with E-state index < -0.39 is 0 Å². The van der Waals surface area contributed by atoms with Gasteiger partial charge in [0.25, 0.3) is 0 Å². The summed E-state index contributed by atoms with van der Waals surface area (Å²) < 4.78 is 5.33. The maximum atomic E-state index is 11.8. The lowest BCUT2D eigenvalue weighted by atomic mass is 10.2. The Bertz CT molecular complexity index is 737. The van der Waals surface area contributed by atoms with Crippen molar-refractivity contribution in [2.24, 2.45) is 0 Å². The Morgan fingerprint density at radius 2 is 2.05 bits per heavy atom. The molecule has 0 radical (unpaired) electrons. The molecule has 2 rings (SSSR count). The van der Waals surface area contributed by atoms with Crippen molar-refractivity contribution in [2.45, 2.75) is 13.8 Å². The van der Waals surface area contributed by atoms with Crippen LogP contribution in [0.4, 0.5) is 5.69 Å². The molecular weight excluding hydrogens is 320 g/mol. The van der Waals surface area contributed by atoms with E-state index in [9.17, 15) is 4.79 Å². The standard InChI is InChI=1S/C16H15ClN2O2S/c1-10-6-7-12(21-10)8-9-15(20)19-16(22)18-14-5-3-4-13(17)11(14)2/h3-9H,1-2H3,(H2,18,19,20,22)/b9-8+. The number of hydrogen-bond donors (Lipinski definition) is 2. The summed E-state index contributed by atoms with van der Waals surface area (Å²) in [6, 6.07) is 9.04. The van der Waals surface area contributed by atoms with Gasteiger partial charge < -0.3 is 9.73 Å². The first-order valence-corrected chi connectivity index (χ1v) is 7.36. The van der Waals surface area contributed by atoms with Gasteiger partial charge in [0.1, 0.15) is 11.5 Å². The molecule has 0 saturated heterocycles. The molecule has 0 atom stereocenters. The van der Waals surface area contributed by atoms with Crippen LogP contribution in [0.5, 0.6) is 0 Å². The lowest BCUT2D eigenvalue weighted by molar-refractivity contribution is -0.115. The molecule has 2 aromatic rings. The van der Waals surface area contributed by atoms with E-state index in [0.717, 1.165) is 17.0 Å². The predicted molar refractivity (Wildman–Crippen MR) is 93.0 cm³/mol. The number of amides is 1. The second-order valence-electron chi connectivity index (χ2n) is 4.64. The number of anilines is 1. The van der Waals surface area contributed by atoms with Gasteiger partial charge >= 0.3 is 0 Å². The molecule has 0 aliphatic carbocycles. The van der Waals surface area contributed by atoms with Gasteiger partial charge in [0.2, 0.25) is 5.91 Å². The average molecular weight is 335 g/mol. The van der Waals surface area contributed by atoms with Crippen LogP contribution < -0.4 is 10.6 Å². The molecule has 0 saturated carbocycles. The number of nitrogens with one attached hydrogen (secondary N) is 2. The lowest BCUT2D eigenvalue weighted by Crippen LogP contribution is -2.33. The molecule has 0 bridgehead atoms. The molecule has 1 heterocycles. The highest BCUT2D eigenvalue weighted by Crippen LogP contribution is 2.22. The zero-order valence-electron chi connectivity index (χ0n) is 12.1. The third kappa shape index (κ3) is 4.44. The van der Waals surface area contributed by atoms with Gasteiger partial charge in [-0.15, -0.1) is 0 Å². The van der Waals surface area contributed by atoms with E-state index in [1.807, 2.05) is 26.0 Å². The summed E-state index contributed by atoms with van der Waals surface area (Å²) in [7, 11) is 0. The summed E-state index contributed by atoms with van der Waals surface area (Å²) in [6.45, 7) is 3.71. The number of aryl methyl sites for hydroxylation is 1. The third-order valence-electron chi connectivity index (χ3n) is 2.91. The van der Waals surface area contributed by atoms with Gasteiger partial charge in [-0.2, -0.15) is 0 Å². The first-order valence-electron chi connectivity index (χ1n) is 6.57. The molecule has 0 fully saturated rings.